The third-order valence-corrected chi connectivity index (χ3v) is 1.14. The Morgan fingerprint density at radius 2 is 1.80 bits per heavy atom. The van der Waals surface area contributed by atoms with Crippen molar-refractivity contribution in [1.82, 2.24) is 0 Å². The smallest absolute Gasteiger partial charge is 0.257 e. The molecule has 0 bridgehead atoms. The summed E-state index contributed by atoms with van der Waals surface area (Å²) in [4.78, 5) is 3.64. The van der Waals surface area contributed by atoms with E-state index in [1.165, 1.54) is 6.92 Å². The maximum absolute atomic E-state index is 11.7. The maximum atomic E-state index is 11.7. The van der Waals surface area contributed by atoms with Crippen LogP contribution in [0.3, 0.4) is 0 Å². The Morgan fingerprint density at radius 1 is 1.30 bits per heavy atom. The van der Waals surface area contributed by atoms with Crippen LogP contribution in [0.5, 0.6) is 0 Å². The van der Waals surface area contributed by atoms with Gasteiger partial charge in [-0.05, 0) is 20.3 Å². The van der Waals surface area contributed by atoms with Crippen LogP contribution in [0.15, 0.2) is 16.8 Å². The van der Waals surface area contributed by atoms with Gasteiger partial charge in [-0.1, -0.05) is 6.92 Å². The zero-order chi connectivity index (χ0) is 8.15. The molecule has 0 saturated heterocycles. The van der Waals surface area contributed by atoms with Crippen LogP contribution in [0.4, 0.5) is 8.78 Å². The molecule has 58 valence electrons. The summed E-state index contributed by atoms with van der Waals surface area (Å²) < 4.78 is 23.4. The van der Waals surface area contributed by atoms with Crippen molar-refractivity contribution in [2.75, 3.05) is 0 Å². The van der Waals surface area contributed by atoms with E-state index in [0.29, 0.717) is 6.42 Å². The van der Waals surface area contributed by atoms with E-state index in [1.807, 2.05) is 6.92 Å². The van der Waals surface area contributed by atoms with Gasteiger partial charge in [0.05, 0.1) is 0 Å². The molecule has 0 heterocycles. The lowest BCUT2D eigenvalue weighted by Crippen LogP contribution is -1.87. The summed E-state index contributed by atoms with van der Waals surface area (Å²) in [5.41, 5.74) is 0.546. The van der Waals surface area contributed by atoms with Crippen LogP contribution in [0.25, 0.3) is 0 Å². The Morgan fingerprint density at radius 3 is 2.10 bits per heavy atom. The highest BCUT2D eigenvalue weighted by Gasteiger charge is 1.96. The number of hydrogen-bond donors (Lipinski definition) is 0. The van der Waals surface area contributed by atoms with Crippen LogP contribution in [0.1, 0.15) is 27.2 Å². The molecule has 0 unspecified atom stereocenters. The average molecular weight is 147 g/mol. The van der Waals surface area contributed by atoms with Crippen LogP contribution in [0.2, 0.25) is 0 Å². The van der Waals surface area contributed by atoms with Crippen LogP contribution < -0.4 is 0 Å². The summed E-state index contributed by atoms with van der Waals surface area (Å²) >= 11 is 0. The van der Waals surface area contributed by atoms with Crippen molar-refractivity contribution in [2.24, 2.45) is 4.99 Å². The van der Waals surface area contributed by atoms with E-state index in [-0.39, 0.29) is 5.70 Å². The van der Waals surface area contributed by atoms with E-state index in [4.69, 9.17) is 0 Å². The highest BCUT2D eigenvalue weighted by atomic mass is 19.3. The molecule has 0 atom stereocenters. The van der Waals surface area contributed by atoms with Crippen molar-refractivity contribution < 1.29 is 8.78 Å². The Bertz CT molecular complexity index is 166. The lowest BCUT2D eigenvalue weighted by atomic mass is 10.3. The van der Waals surface area contributed by atoms with Gasteiger partial charge in [0.25, 0.3) is 6.08 Å². The highest BCUT2D eigenvalue weighted by Crippen LogP contribution is 2.08. The molecule has 0 N–H and O–H groups in total. The first-order valence-electron chi connectivity index (χ1n) is 3.14. The summed E-state index contributed by atoms with van der Waals surface area (Å²) in [6, 6.07) is 0. The molecule has 0 spiro atoms. The monoisotopic (exact) mass is 147 g/mol. The molecule has 1 nitrogen and oxygen atoms in total. The Kier molecular flexibility index (Phi) is 3.84. The van der Waals surface area contributed by atoms with E-state index in [1.54, 1.807) is 6.92 Å². The molecule has 0 fully saturated rings. The first-order valence-corrected chi connectivity index (χ1v) is 3.14. The van der Waals surface area contributed by atoms with E-state index in [2.05, 4.69) is 4.99 Å². The van der Waals surface area contributed by atoms with E-state index in [9.17, 15) is 8.78 Å². The van der Waals surface area contributed by atoms with Crippen molar-refractivity contribution in [1.29, 1.82) is 0 Å². The largest absolute Gasteiger partial charge is 0.291 e. The zero-order valence-electron chi connectivity index (χ0n) is 6.41. The standard InChI is InChI=1S/C7H11F2N/c1-4-5(2)10-6(3)7(8)9/h4H2,1-3H3. The Labute approximate surface area is 59.5 Å². The normalized spacial score (nSPS) is 11.5. The molecule has 0 radical (unpaired) electrons. The van der Waals surface area contributed by atoms with Gasteiger partial charge in [0.1, 0.15) is 5.70 Å². The molecular weight excluding hydrogens is 136 g/mol. The number of rotatable bonds is 2. The zero-order valence-corrected chi connectivity index (χ0v) is 6.41. The molecule has 0 aliphatic rings. The fourth-order valence-corrected chi connectivity index (χ4v) is 0.408. The SMILES string of the molecule is CCC(C)=NC(C)=C(F)F. The second-order valence-corrected chi connectivity index (χ2v) is 2.05. The second kappa shape index (κ2) is 4.14. The van der Waals surface area contributed by atoms with E-state index < -0.39 is 6.08 Å². The molecule has 0 rings (SSSR count). The molecule has 0 aliphatic heterocycles. The van der Waals surface area contributed by atoms with Gasteiger partial charge in [-0.3, -0.25) is 4.99 Å². The lowest BCUT2D eigenvalue weighted by Gasteiger charge is -1.93. The van der Waals surface area contributed by atoms with Crippen molar-refractivity contribution in [3.63, 3.8) is 0 Å². The molecule has 0 aromatic carbocycles. The first kappa shape index (κ1) is 9.27. The van der Waals surface area contributed by atoms with Crippen molar-refractivity contribution >= 4 is 5.71 Å². The summed E-state index contributed by atoms with van der Waals surface area (Å²) in [6.07, 6.45) is -0.988. The summed E-state index contributed by atoms with van der Waals surface area (Å²) in [5, 5.41) is 0. The van der Waals surface area contributed by atoms with Crippen molar-refractivity contribution in [2.45, 2.75) is 27.2 Å². The maximum Gasteiger partial charge on any atom is 0.291 e. The van der Waals surface area contributed by atoms with Gasteiger partial charge in [-0.2, -0.15) is 8.78 Å². The number of aliphatic imine (C=N–C) groups is 1. The third kappa shape index (κ3) is 3.33. The van der Waals surface area contributed by atoms with Gasteiger partial charge >= 0.3 is 0 Å². The lowest BCUT2D eigenvalue weighted by molar-refractivity contribution is 0.411. The van der Waals surface area contributed by atoms with Crippen LogP contribution in [-0.2, 0) is 0 Å². The molecule has 0 aromatic rings. The summed E-state index contributed by atoms with van der Waals surface area (Å²) in [6.45, 7) is 4.91. The molecule has 0 amide bonds. The minimum absolute atomic E-state index is 0.181. The van der Waals surface area contributed by atoms with Gasteiger partial charge in [0.2, 0.25) is 0 Å². The Balaban J connectivity index is 4.27. The predicted octanol–water partition coefficient (Wildman–Crippen LogP) is 2.99. The Hall–Kier alpha value is -0.730. The summed E-state index contributed by atoms with van der Waals surface area (Å²) in [5.74, 6) is 0. The fourth-order valence-electron chi connectivity index (χ4n) is 0.408. The highest BCUT2D eigenvalue weighted by molar-refractivity contribution is 5.82. The minimum Gasteiger partial charge on any atom is -0.257 e. The number of hydrogen-bond acceptors (Lipinski definition) is 1. The van der Waals surface area contributed by atoms with E-state index in [0.717, 1.165) is 5.71 Å². The molecule has 0 aliphatic carbocycles. The molecule has 3 heteroatoms. The summed E-state index contributed by atoms with van der Waals surface area (Å²) in [7, 11) is 0. The van der Waals surface area contributed by atoms with Crippen LogP contribution in [0, 0.1) is 0 Å². The number of allylic oxidation sites excluding steroid dienone is 1. The van der Waals surface area contributed by atoms with Crippen molar-refractivity contribution in [3.8, 4) is 0 Å². The first-order chi connectivity index (χ1) is 4.57. The van der Waals surface area contributed by atoms with Gasteiger partial charge in [0.15, 0.2) is 0 Å². The molecule has 10 heavy (non-hydrogen) atoms. The topological polar surface area (TPSA) is 12.4 Å². The van der Waals surface area contributed by atoms with Gasteiger partial charge in [0, 0.05) is 5.71 Å². The number of nitrogens with zero attached hydrogens (tertiary/aromatic N) is 1. The quantitative estimate of drug-likeness (QED) is 0.532. The molecule has 0 saturated carbocycles. The minimum atomic E-state index is -1.70. The van der Waals surface area contributed by atoms with Crippen LogP contribution >= 0.6 is 0 Å². The van der Waals surface area contributed by atoms with Gasteiger partial charge < -0.3 is 0 Å². The molecule has 0 aromatic heterocycles. The van der Waals surface area contributed by atoms with E-state index >= 15 is 0 Å². The fraction of sp³-hybridized carbons (Fsp3) is 0.571. The number of halogens is 2. The van der Waals surface area contributed by atoms with Crippen molar-refractivity contribution in [3.05, 3.63) is 11.8 Å². The average Bonchev–Trinajstić information content (AvgIpc) is 1.87. The molecular formula is C7H11F2N. The second-order valence-electron chi connectivity index (χ2n) is 2.05. The van der Waals surface area contributed by atoms with Crippen LogP contribution in [-0.4, -0.2) is 5.71 Å². The third-order valence-electron chi connectivity index (χ3n) is 1.14. The van der Waals surface area contributed by atoms with Gasteiger partial charge in [-0.15, -0.1) is 0 Å². The van der Waals surface area contributed by atoms with Gasteiger partial charge in [-0.25, -0.2) is 0 Å². The predicted molar refractivity (Wildman–Crippen MR) is 38.3 cm³/mol.